The number of anilines is 1. The Balaban J connectivity index is 1.84. The van der Waals surface area contributed by atoms with Gasteiger partial charge in [-0.25, -0.2) is 0 Å². The number of hydrogen-bond donors (Lipinski definition) is 1. The van der Waals surface area contributed by atoms with Gasteiger partial charge in [-0.1, -0.05) is 56.2 Å². The molecule has 0 aliphatic carbocycles. The average Bonchev–Trinajstić information content (AvgIpc) is 2.82. The minimum atomic E-state index is -0.0688. The Labute approximate surface area is 190 Å². The predicted molar refractivity (Wildman–Crippen MR) is 130 cm³/mol. The van der Waals surface area contributed by atoms with Gasteiger partial charge in [0, 0.05) is 23.4 Å². The summed E-state index contributed by atoms with van der Waals surface area (Å²) in [5.41, 5.74) is 4.20. The molecular weight excluding hydrogens is 398 g/mol. The third kappa shape index (κ3) is 5.92. The number of hydrogen-bond acceptors (Lipinski definition) is 4. The molecule has 0 atom stereocenters. The highest BCUT2D eigenvalue weighted by Crippen LogP contribution is 2.26. The van der Waals surface area contributed by atoms with Gasteiger partial charge >= 0.3 is 0 Å². The first kappa shape index (κ1) is 23.0. The molecule has 3 aromatic carbocycles. The number of carbonyl (C=O) groups excluding carboxylic acids is 1. The molecule has 3 aromatic rings. The van der Waals surface area contributed by atoms with E-state index in [0.717, 1.165) is 17.0 Å². The molecule has 1 N–H and O–H groups in total. The smallest absolute Gasteiger partial charge is 0.195 e. The lowest BCUT2D eigenvalue weighted by Crippen LogP contribution is -2.09. The fourth-order valence-corrected chi connectivity index (χ4v) is 3.32. The second-order valence-corrected chi connectivity index (χ2v) is 7.74. The summed E-state index contributed by atoms with van der Waals surface area (Å²) < 4.78 is 11.1. The van der Waals surface area contributed by atoms with Crippen LogP contribution in [0.5, 0.6) is 11.5 Å². The Morgan fingerprint density at radius 1 is 0.969 bits per heavy atom. The van der Waals surface area contributed by atoms with Crippen molar-refractivity contribution in [2.75, 3.05) is 18.5 Å². The molecule has 0 aliphatic heterocycles. The van der Waals surface area contributed by atoms with Crippen molar-refractivity contribution in [1.82, 2.24) is 0 Å². The molecule has 0 aromatic heterocycles. The van der Waals surface area contributed by atoms with Crippen molar-refractivity contribution in [3.63, 3.8) is 0 Å². The first-order chi connectivity index (χ1) is 15.5. The van der Waals surface area contributed by atoms with E-state index in [2.05, 4.69) is 25.1 Å². The van der Waals surface area contributed by atoms with Crippen LogP contribution in [0.25, 0.3) is 0 Å². The number of nitrogens with one attached hydrogen (secondary N) is 1. The second-order valence-electron chi connectivity index (χ2n) is 7.74. The number of terminal acetylenes is 1. The molecule has 4 nitrogen and oxygen atoms in total. The van der Waals surface area contributed by atoms with E-state index in [1.165, 1.54) is 5.56 Å². The van der Waals surface area contributed by atoms with Crippen molar-refractivity contribution in [3.05, 3.63) is 89.0 Å². The first-order valence-corrected chi connectivity index (χ1v) is 10.8. The van der Waals surface area contributed by atoms with Gasteiger partial charge in [0.15, 0.2) is 5.78 Å². The highest BCUT2D eigenvalue weighted by Gasteiger charge is 2.16. The molecule has 0 bridgehead atoms. The highest BCUT2D eigenvalue weighted by molar-refractivity contribution is 6.12. The molecule has 0 saturated heterocycles. The van der Waals surface area contributed by atoms with Crippen LogP contribution in [0.4, 0.5) is 5.69 Å². The van der Waals surface area contributed by atoms with E-state index in [9.17, 15) is 4.79 Å². The van der Waals surface area contributed by atoms with Crippen LogP contribution in [0.3, 0.4) is 0 Å². The van der Waals surface area contributed by atoms with E-state index in [0.29, 0.717) is 35.9 Å². The molecule has 0 heterocycles. The Kier molecular flexibility index (Phi) is 7.94. The molecule has 4 heteroatoms. The van der Waals surface area contributed by atoms with Crippen LogP contribution < -0.4 is 14.8 Å². The van der Waals surface area contributed by atoms with Crippen molar-refractivity contribution in [2.45, 2.75) is 33.2 Å². The zero-order valence-corrected chi connectivity index (χ0v) is 18.9. The SMILES string of the molecule is C#CCOc1ccc(NCc2ccc(OCC)cc2)c(C(=O)c2ccc(C(C)C)cc2)c1. The summed E-state index contributed by atoms with van der Waals surface area (Å²) in [6.07, 6.45) is 5.31. The molecule has 164 valence electrons. The topological polar surface area (TPSA) is 47.6 Å². The summed E-state index contributed by atoms with van der Waals surface area (Å²) in [4.78, 5) is 13.3. The van der Waals surface area contributed by atoms with Crippen LogP contribution in [0.2, 0.25) is 0 Å². The van der Waals surface area contributed by atoms with Gasteiger partial charge in [-0.3, -0.25) is 4.79 Å². The molecular formula is C28H29NO3. The van der Waals surface area contributed by atoms with Crippen LogP contribution in [0.1, 0.15) is 53.7 Å². The lowest BCUT2D eigenvalue weighted by atomic mass is 9.97. The summed E-state index contributed by atoms with van der Waals surface area (Å²) in [5.74, 6) is 4.20. The zero-order chi connectivity index (χ0) is 22.9. The largest absolute Gasteiger partial charge is 0.494 e. The van der Waals surface area contributed by atoms with Crippen molar-refractivity contribution < 1.29 is 14.3 Å². The van der Waals surface area contributed by atoms with Crippen molar-refractivity contribution in [2.24, 2.45) is 0 Å². The van der Waals surface area contributed by atoms with Gasteiger partial charge in [-0.15, -0.1) is 6.42 Å². The van der Waals surface area contributed by atoms with Gasteiger partial charge < -0.3 is 14.8 Å². The predicted octanol–water partition coefficient (Wildman–Crippen LogP) is 6.06. The minimum absolute atomic E-state index is 0.0688. The second kappa shape index (κ2) is 11.1. The van der Waals surface area contributed by atoms with Crippen molar-refractivity contribution in [3.8, 4) is 23.8 Å². The molecule has 3 rings (SSSR count). The molecule has 0 fully saturated rings. The monoisotopic (exact) mass is 427 g/mol. The minimum Gasteiger partial charge on any atom is -0.494 e. The lowest BCUT2D eigenvalue weighted by Gasteiger charge is -2.14. The molecule has 0 radical (unpaired) electrons. The standard InChI is InChI=1S/C28H29NO3/c1-5-17-32-25-15-16-27(29-19-21-7-13-24(14-8-21)31-6-2)26(18-25)28(30)23-11-9-22(10-12-23)20(3)4/h1,7-16,18,20,29H,6,17,19H2,2-4H3. The van der Waals surface area contributed by atoms with Gasteiger partial charge in [0.1, 0.15) is 18.1 Å². The number of benzene rings is 3. The van der Waals surface area contributed by atoms with Gasteiger partial charge in [0.2, 0.25) is 0 Å². The van der Waals surface area contributed by atoms with E-state index in [1.807, 2.05) is 67.6 Å². The summed E-state index contributed by atoms with van der Waals surface area (Å²) in [6, 6.07) is 21.1. The van der Waals surface area contributed by atoms with Gasteiger partial charge in [0.25, 0.3) is 0 Å². The fraction of sp³-hybridized carbons (Fsp3) is 0.250. The molecule has 0 saturated carbocycles. The fourth-order valence-electron chi connectivity index (χ4n) is 3.32. The quantitative estimate of drug-likeness (QED) is 0.315. The third-order valence-corrected chi connectivity index (χ3v) is 5.11. The maximum Gasteiger partial charge on any atom is 0.195 e. The Bertz CT molecular complexity index is 1080. The van der Waals surface area contributed by atoms with Crippen molar-refractivity contribution >= 4 is 11.5 Å². The summed E-state index contributed by atoms with van der Waals surface area (Å²) in [5, 5.41) is 3.39. The van der Waals surface area contributed by atoms with E-state index in [-0.39, 0.29) is 12.4 Å². The molecule has 0 aliphatic rings. The van der Waals surface area contributed by atoms with Crippen LogP contribution in [0.15, 0.2) is 66.7 Å². The Morgan fingerprint density at radius 2 is 1.66 bits per heavy atom. The van der Waals surface area contributed by atoms with Gasteiger partial charge in [-0.2, -0.15) is 0 Å². The number of ether oxygens (including phenoxy) is 2. The van der Waals surface area contributed by atoms with Crippen LogP contribution in [-0.2, 0) is 6.54 Å². The third-order valence-electron chi connectivity index (χ3n) is 5.11. The molecule has 32 heavy (non-hydrogen) atoms. The molecule has 0 amide bonds. The summed E-state index contributed by atoms with van der Waals surface area (Å²) >= 11 is 0. The van der Waals surface area contributed by atoms with E-state index in [1.54, 1.807) is 6.07 Å². The molecule has 0 unspecified atom stereocenters. The van der Waals surface area contributed by atoms with Crippen molar-refractivity contribution in [1.29, 1.82) is 0 Å². The maximum absolute atomic E-state index is 13.3. The molecule has 0 spiro atoms. The normalized spacial score (nSPS) is 10.5. The van der Waals surface area contributed by atoms with E-state index in [4.69, 9.17) is 15.9 Å². The number of carbonyl (C=O) groups is 1. The van der Waals surface area contributed by atoms with Gasteiger partial charge in [-0.05, 0) is 54.3 Å². The number of ketones is 1. The Morgan fingerprint density at radius 3 is 2.28 bits per heavy atom. The van der Waals surface area contributed by atoms with Gasteiger partial charge in [0.05, 0.1) is 6.61 Å². The van der Waals surface area contributed by atoms with E-state index >= 15 is 0 Å². The summed E-state index contributed by atoms with van der Waals surface area (Å²) in [7, 11) is 0. The lowest BCUT2D eigenvalue weighted by molar-refractivity contribution is 0.103. The highest BCUT2D eigenvalue weighted by atomic mass is 16.5. The Hall–Kier alpha value is -3.71. The van der Waals surface area contributed by atoms with Crippen LogP contribution >= 0.6 is 0 Å². The first-order valence-electron chi connectivity index (χ1n) is 10.8. The average molecular weight is 428 g/mol. The number of rotatable bonds is 10. The maximum atomic E-state index is 13.3. The van der Waals surface area contributed by atoms with E-state index < -0.39 is 0 Å². The zero-order valence-electron chi connectivity index (χ0n) is 18.9. The summed E-state index contributed by atoms with van der Waals surface area (Å²) in [6.45, 7) is 7.58. The van der Waals surface area contributed by atoms with Crippen LogP contribution in [-0.4, -0.2) is 19.0 Å². The van der Waals surface area contributed by atoms with Crippen LogP contribution in [0, 0.1) is 12.3 Å².